The van der Waals surface area contributed by atoms with E-state index < -0.39 is 0 Å². The highest BCUT2D eigenvalue weighted by Crippen LogP contribution is 2.32. The van der Waals surface area contributed by atoms with Gasteiger partial charge in [-0.05, 0) is 36.6 Å². The van der Waals surface area contributed by atoms with Crippen LogP contribution in [0.1, 0.15) is 39.8 Å². The lowest BCUT2D eigenvalue weighted by Crippen LogP contribution is -2.38. The largest absolute Gasteiger partial charge is 0.378 e. The van der Waals surface area contributed by atoms with E-state index in [0.29, 0.717) is 43.4 Å². The summed E-state index contributed by atoms with van der Waals surface area (Å²) in [7, 11) is 0. The summed E-state index contributed by atoms with van der Waals surface area (Å²) in [5, 5.41) is 6.46. The van der Waals surface area contributed by atoms with E-state index in [4.69, 9.17) is 16.3 Å². The van der Waals surface area contributed by atoms with Crippen molar-refractivity contribution in [2.75, 3.05) is 49.6 Å². The van der Waals surface area contributed by atoms with E-state index in [0.717, 1.165) is 47.9 Å². The number of thiazole rings is 1. The Morgan fingerprint density at radius 3 is 2.53 bits per heavy atom. The molecule has 2 aromatic carbocycles. The number of benzene rings is 2. The van der Waals surface area contributed by atoms with E-state index >= 15 is 0 Å². The van der Waals surface area contributed by atoms with Crippen LogP contribution >= 0.6 is 22.9 Å². The third-order valence-corrected chi connectivity index (χ3v) is 8.13. The van der Waals surface area contributed by atoms with Crippen LogP contribution in [-0.2, 0) is 16.0 Å². The van der Waals surface area contributed by atoms with Crippen LogP contribution in [0.3, 0.4) is 0 Å². The average molecular weight is 525 g/mol. The number of halogens is 1. The number of ether oxygens (including phenoxy) is 1. The molecule has 3 heterocycles. The van der Waals surface area contributed by atoms with Crippen molar-refractivity contribution in [1.29, 1.82) is 0 Å². The first-order valence-corrected chi connectivity index (χ1v) is 13.5. The average Bonchev–Trinajstić information content (AvgIpc) is 3.42. The Hall–Kier alpha value is -2.94. The zero-order valence-electron chi connectivity index (χ0n) is 20.0. The standard InChI is InChI=1S/C27H29ClN4O3S/c28-21-6-2-1-5-20(21)17-25(33)32-11-9-19(10-12-32)27-30-23(18-36-27)26(34)29-22-7-3-4-8-24(22)31-13-15-35-16-14-31/h1-8,18-19H,9-17H2,(H,29,34). The van der Waals surface area contributed by atoms with Gasteiger partial charge in [0.25, 0.3) is 5.91 Å². The number of para-hydroxylation sites is 2. The molecule has 9 heteroatoms. The van der Waals surface area contributed by atoms with Crippen molar-refractivity contribution in [3.05, 3.63) is 75.2 Å². The van der Waals surface area contributed by atoms with Crippen molar-refractivity contribution in [3.63, 3.8) is 0 Å². The van der Waals surface area contributed by atoms with Crippen LogP contribution in [0.25, 0.3) is 0 Å². The van der Waals surface area contributed by atoms with Crippen molar-refractivity contribution in [1.82, 2.24) is 9.88 Å². The summed E-state index contributed by atoms with van der Waals surface area (Å²) in [5.41, 5.74) is 3.07. The monoisotopic (exact) mass is 524 g/mol. The van der Waals surface area contributed by atoms with Gasteiger partial charge < -0.3 is 19.9 Å². The van der Waals surface area contributed by atoms with Crippen LogP contribution in [0.5, 0.6) is 0 Å². The highest BCUT2D eigenvalue weighted by atomic mass is 35.5. The van der Waals surface area contributed by atoms with Crippen LogP contribution in [0.4, 0.5) is 11.4 Å². The lowest BCUT2D eigenvalue weighted by molar-refractivity contribution is -0.131. The lowest BCUT2D eigenvalue weighted by Gasteiger charge is -2.31. The number of carbonyl (C=O) groups is 2. The molecule has 7 nitrogen and oxygen atoms in total. The highest BCUT2D eigenvalue weighted by molar-refractivity contribution is 7.10. The van der Waals surface area contributed by atoms with Crippen LogP contribution < -0.4 is 10.2 Å². The first-order valence-electron chi connectivity index (χ1n) is 12.3. The number of hydrogen-bond acceptors (Lipinski definition) is 6. The predicted molar refractivity (Wildman–Crippen MR) is 143 cm³/mol. The normalized spacial score (nSPS) is 16.7. The second-order valence-electron chi connectivity index (χ2n) is 9.06. The Kier molecular flexibility index (Phi) is 7.84. The summed E-state index contributed by atoms with van der Waals surface area (Å²) in [6, 6.07) is 15.3. The Balaban J connectivity index is 1.17. The van der Waals surface area contributed by atoms with Crippen LogP contribution in [0, 0.1) is 0 Å². The molecule has 0 unspecified atom stereocenters. The van der Waals surface area contributed by atoms with Gasteiger partial charge >= 0.3 is 0 Å². The van der Waals surface area contributed by atoms with Gasteiger partial charge in [-0.1, -0.05) is 41.9 Å². The molecule has 36 heavy (non-hydrogen) atoms. The molecule has 0 atom stereocenters. The van der Waals surface area contributed by atoms with Crippen molar-refractivity contribution in [3.8, 4) is 0 Å². The van der Waals surface area contributed by atoms with Gasteiger partial charge in [0.05, 0.1) is 36.0 Å². The van der Waals surface area contributed by atoms with Crippen molar-refractivity contribution in [2.45, 2.75) is 25.2 Å². The molecular weight excluding hydrogens is 496 g/mol. The number of nitrogens with one attached hydrogen (secondary N) is 1. The summed E-state index contributed by atoms with van der Waals surface area (Å²) >= 11 is 7.74. The van der Waals surface area contributed by atoms with Gasteiger partial charge in [0.1, 0.15) is 5.69 Å². The van der Waals surface area contributed by atoms with E-state index in [-0.39, 0.29) is 17.7 Å². The summed E-state index contributed by atoms with van der Waals surface area (Å²) in [5.74, 6) is 0.145. The van der Waals surface area contributed by atoms with Crippen LogP contribution in [0.2, 0.25) is 5.02 Å². The molecule has 2 amide bonds. The first-order chi connectivity index (χ1) is 17.6. The molecule has 0 spiro atoms. The van der Waals surface area contributed by atoms with Crippen molar-refractivity contribution >= 4 is 46.1 Å². The molecule has 0 aliphatic carbocycles. The number of aromatic nitrogens is 1. The molecule has 0 saturated carbocycles. The van der Waals surface area contributed by atoms with Gasteiger partial charge in [-0.3, -0.25) is 9.59 Å². The molecular formula is C27H29ClN4O3S. The SMILES string of the molecule is O=C(Nc1ccccc1N1CCOCC1)c1csc(C2CCN(C(=O)Cc3ccccc3Cl)CC2)n1. The minimum atomic E-state index is -0.203. The number of likely N-dealkylation sites (tertiary alicyclic amines) is 1. The molecule has 188 valence electrons. The number of carbonyl (C=O) groups excluding carboxylic acids is 2. The third kappa shape index (κ3) is 5.72. The molecule has 2 aliphatic rings. The summed E-state index contributed by atoms with van der Waals surface area (Å²) in [6.07, 6.45) is 1.99. The van der Waals surface area contributed by atoms with E-state index in [1.54, 1.807) is 0 Å². The number of anilines is 2. The number of piperidine rings is 1. The van der Waals surface area contributed by atoms with Crippen LogP contribution in [-0.4, -0.2) is 61.1 Å². The quantitative estimate of drug-likeness (QED) is 0.499. The van der Waals surface area contributed by atoms with Gasteiger partial charge in [0.15, 0.2) is 0 Å². The Morgan fingerprint density at radius 1 is 1.03 bits per heavy atom. The molecule has 2 saturated heterocycles. The van der Waals surface area contributed by atoms with Gasteiger partial charge in [-0.25, -0.2) is 4.98 Å². The molecule has 5 rings (SSSR count). The number of rotatable bonds is 6. The summed E-state index contributed by atoms with van der Waals surface area (Å²) in [4.78, 5) is 34.6. The van der Waals surface area contributed by atoms with E-state index in [2.05, 4.69) is 15.2 Å². The number of morpholine rings is 1. The number of amides is 2. The van der Waals surface area contributed by atoms with Crippen molar-refractivity contribution in [2.24, 2.45) is 0 Å². The smallest absolute Gasteiger partial charge is 0.275 e. The van der Waals surface area contributed by atoms with E-state index in [9.17, 15) is 9.59 Å². The minimum Gasteiger partial charge on any atom is -0.378 e. The summed E-state index contributed by atoms with van der Waals surface area (Å²) < 4.78 is 5.46. The predicted octanol–water partition coefficient (Wildman–Crippen LogP) is 4.83. The van der Waals surface area contributed by atoms with Gasteiger partial charge in [-0.2, -0.15) is 0 Å². The molecule has 0 bridgehead atoms. The fourth-order valence-electron chi connectivity index (χ4n) is 4.72. The van der Waals surface area contributed by atoms with E-state index in [1.807, 2.05) is 58.8 Å². The highest BCUT2D eigenvalue weighted by Gasteiger charge is 2.27. The maximum absolute atomic E-state index is 13.0. The molecule has 2 fully saturated rings. The van der Waals surface area contributed by atoms with Gasteiger partial charge in [0.2, 0.25) is 5.91 Å². The Bertz CT molecular complexity index is 1220. The van der Waals surface area contributed by atoms with Crippen molar-refractivity contribution < 1.29 is 14.3 Å². The fourth-order valence-corrected chi connectivity index (χ4v) is 5.89. The molecule has 1 aromatic heterocycles. The topological polar surface area (TPSA) is 74.8 Å². The maximum atomic E-state index is 13.0. The Morgan fingerprint density at radius 2 is 1.75 bits per heavy atom. The molecule has 1 N–H and O–H groups in total. The fraction of sp³-hybridized carbons (Fsp3) is 0.370. The third-order valence-electron chi connectivity index (χ3n) is 6.76. The Labute approximate surface area is 220 Å². The second kappa shape index (κ2) is 11.4. The van der Waals surface area contributed by atoms with Crippen LogP contribution in [0.15, 0.2) is 53.9 Å². The molecule has 3 aromatic rings. The van der Waals surface area contributed by atoms with Gasteiger partial charge in [0, 0.05) is 42.5 Å². The van der Waals surface area contributed by atoms with Gasteiger partial charge in [-0.15, -0.1) is 11.3 Å². The summed E-state index contributed by atoms with van der Waals surface area (Å²) in [6.45, 7) is 4.33. The zero-order chi connectivity index (χ0) is 24.9. The number of nitrogens with zero attached hydrogens (tertiary/aromatic N) is 3. The van der Waals surface area contributed by atoms with E-state index in [1.165, 1.54) is 11.3 Å². The molecule has 0 radical (unpaired) electrons. The second-order valence-corrected chi connectivity index (χ2v) is 10.4. The minimum absolute atomic E-state index is 0.0969. The number of hydrogen-bond donors (Lipinski definition) is 1. The lowest BCUT2D eigenvalue weighted by atomic mass is 9.97. The first kappa shape index (κ1) is 24.7. The molecule has 2 aliphatic heterocycles. The zero-order valence-corrected chi connectivity index (χ0v) is 21.6. The maximum Gasteiger partial charge on any atom is 0.275 e.